The summed E-state index contributed by atoms with van der Waals surface area (Å²) in [5.41, 5.74) is 5.49. The van der Waals surface area contributed by atoms with Crippen LogP contribution in [-0.4, -0.2) is 69.2 Å². The van der Waals surface area contributed by atoms with Crippen LogP contribution >= 0.6 is 0 Å². The molecule has 14 heavy (non-hydrogen) atoms. The molecule has 0 aromatic heterocycles. The van der Waals surface area contributed by atoms with Gasteiger partial charge in [-0.3, -0.25) is 4.90 Å². The summed E-state index contributed by atoms with van der Waals surface area (Å²) in [6.45, 7) is 9.13. The smallest absolute Gasteiger partial charge is 0.0110 e. The van der Waals surface area contributed by atoms with Gasteiger partial charge < -0.3 is 16.0 Å². The van der Waals surface area contributed by atoms with Crippen molar-refractivity contribution in [1.29, 1.82) is 0 Å². The molecule has 1 aliphatic rings. The largest absolute Gasteiger partial charge is 0.330 e. The Morgan fingerprint density at radius 2 is 1.64 bits per heavy atom. The van der Waals surface area contributed by atoms with E-state index in [0.29, 0.717) is 0 Å². The lowest BCUT2D eigenvalue weighted by molar-refractivity contribution is 0.133. The van der Waals surface area contributed by atoms with Crippen molar-refractivity contribution >= 4 is 0 Å². The van der Waals surface area contributed by atoms with Gasteiger partial charge in [-0.1, -0.05) is 0 Å². The zero-order valence-corrected chi connectivity index (χ0v) is 9.34. The fourth-order valence-electron chi connectivity index (χ4n) is 1.82. The fourth-order valence-corrected chi connectivity index (χ4v) is 1.82. The Morgan fingerprint density at radius 1 is 1.07 bits per heavy atom. The number of hydrogen-bond donors (Lipinski definition) is 2. The van der Waals surface area contributed by atoms with Crippen LogP contribution in [0.5, 0.6) is 0 Å². The van der Waals surface area contributed by atoms with Gasteiger partial charge in [-0.25, -0.2) is 0 Å². The molecule has 4 heteroatoms. The van der Waals surface area contributed by atoms with E-state index in [0.717, 1.165) is 19.5 Å². The molecule has 0 radical (unpaired) electrons. The molecule has 0 aromatic carbocycles. The summed E-state index contributed by atoms with van der Waals surface area (Å²) >= 11 is 0. The lowest BCUT2D eigenvalue weighted by Gasteiger charge is -2.34. The summed E-state index contributed by atoms with van der Waals surface area (Å²) in [4.78, 5) is 5.04. The number of nitrogens with one attached hydrogen (secondary N) is 1. The highest BCUT2D eigenvalue weighted by Crippen LogP contribution is 2.01. The second-order valence-electron chi connectivity index (χ2n) is 3.93. The third-order valence-corrected chi connectivity index (χ3v) is 2.82. The van der Waals surface area contributed by atoms with Gasteiger partial charge in [0.25, 0.3) is 0 Å². The van der Waals surface area contributed by atoms with E-state index in [1.165, 1.54) is 39.3 Å². The minimum atomic E-state index is 0.819. The topological polar surface area (TPSA) is 44.5 Å². The van der Waals surface area contributed by atoms with Gasteiger partial charge in [-0.15, -0.1) is 0 Å². The van der Waals surface area contributed by atoms with E-state index in [9.17, 15) is 0 Å². The van der Waals surface area contributed by atoms with Crippen molar-refractivity contribution in [2.75, 3.05) is 59.4 Å². The third-order valence-electron chi connectivity index (χ3n) is 2.82. The Labute approximate surface area is 87.4 Å². The van der Waals surface area contributed by atoms with Crippen molar-refractivity contribution in [2.24, 2.45) is 5.73 Å². The van der Waals surface area contributed by atoms with Crippen LogP contribution in [0, 0.1) is 0 Å². The van der Waals surface area contributed by atoms with Crippen LogP contribution in [-0.2, 0) is 0 Å². The van der Waals surface area contributed by atoms with Crippen molar-refractivity contribution in [3.8, 4) is 0 Å². The lowest BCUT2D eigenvalue weighted by Crippen LogP contribution is -2.48. The fraction of sp³-hybridized carbons (Fsp3) is 1.00. The highest BCUT2D eigenvalue weighted by Gasteiger charge is 2.14. The second kappa shape index (κ2) is 7.17. The zero-order chi connectivity index (χ0) is 10.2. The average molecular weight is 200 g/mol. The highest BCUT2D eigenvalue weighted by molar-refractivity contribution is 4.72. The highest BCUT2D eigenvalue weighted by atomic mass is 15.3. The van der Waals surface area contributed by atoms with E-state index in [1.807, 2.05) is 7.05 Å². The number of likely N-dealkylation sites (N-methyl/N-ethyl adjacent to an activating group) is 1. The first kappa shape index (κ1) is 11.9. The van der Waals surface area contributed by atoms with Gasteiger partial charge >= 0.3 is 0 Å². The molecule has 1 aliphatic heterocycles. The summed E-state index contributed by atoms with van der Waals surface area (Å²) in [5, 5.41) is 3.19. The van der Waals surface area contributed by atoms with Crippen molar-refractivity contribution in [3.05, 3.63) is 0 Å². The number of nitrogens with two attached hydrogens (primary N) is 1. The Morgan fingerprint density at radius 3 is 2.14 bits per heavy atom. The maximum Gasteiger partial charge on any atom is 0.0110 e. The molecule has 0 amide bonds. The van der Waals surface area contributed by atoms with Crippen molar-refractivity contribution in [2.45, 2.75) is 6.42 Å². The van der Waals surface area contributed by atoms with Gasteiger partial charge in [0.1, 0.15) is 0 Å². The molecule has 3 N–H and O–H groups in total. The van der Waals surface area contributed by atoms with Gasteiger partial charge in [0, 0.05) is 39.3 Å². The van der Waals surface area contributed by atoms with E-state index >= 15 is 0 Å². The minimum Gasteiger partial charge on any atom is -0.330 e. The van der Waals surface area contributed by atoms with Gasteiger partial charge in [0.2, 0.25) is 0 Å². The van der Waals surface area contributed by atoms with Gasteiger partial charge in [-0.2, -0.15) is 0 Å². The normalized spacial score (nSPS) is 20.1. The Balaban J connectivity index is 2.05. The molecule has 84 valence electrons. The quantitative estimate of drug-likeness (QED) is 0.587. The first-order valence-electron chi connectivity index (χ1n) is 5.66. The summed E-state index contributed by atoms with van der Waals surface area (Å²) < 4.78 is 0. The summed E-state index contributed by atoms with van der Waals surface area (Å²) in [6.07, 6.45) is 1.14. The number of rotatable bonds is 6. The number of hydrogen-bond acceptors (Lipinski definition) is 4. The third kappa shape index (κ3) is 4.37. The van der Waals surface area contributed by atoms with Crippen molar-refractivity contribution in [1.82, 2.24) is 15.1 Å². The molecule has 0 saturated carbocycles. The molecule has 1 rings (SSSR count). The molecule has 1 heterocycles. The minimum absolute atomic E-state index is 0.819. The molecule has 0 aliphatic carbocycles. The van der Waals surface area contributed by atoms with Crippen molar-refractivity contribution < 1.29 is 0 Å². The molecule has 4 nitrogen and oxygen atoms in total. The average Bonchev–Trinajstić information content (AvgIpc) is 2.25. The van der Waals surface area contributed by atoms with Crippen LogP contribution < -0.4 is 11.1 Å². The molecule has 1 fully saturated rings. The van der Waals surface area contributed by atoms with Crippen LogP contribution in [0.15, 0.2) is 0 Å². The Hall–Kier alpha value is -0.160. The molecular weight excluding hydrogens is 176 g/mol. The Kier molecular flexibility index (Phi) is 6.10. The standard InChI is InChI=1S/C10H24N4/c1-12-4-6-14-9-7-13(8-10-14)5-2-3-11/h12H,2-11H2,1H3. The van der Waals surface area contributed by atoms with Crippen LogP contribution in [0.2, 0.25) is 0 Å². The molecule has 1 saturated heterocycles. The first-order chi connectivity index (χ1) is 6.86. The van der Waals surface area contributed by atoms with E-state index in [4.69, 9.17) is 5.73 Å². The van der Waals surface area contributed by atoms with E-state index in [2.05, 4.69) is 15.1 Å². The zero-order valence-electron chi connectivity index (χ0n) is 9.34. The monoisotopic (exact) mass is 200 g/mol. The molecule has 0 unspecified atom stereocenters. The second-order valence-corrected chi connectivity index (χ2v) is 3.93. The van der Waals surface area contributed by atoms with E-state index in [1.54, 1.807) is 0 Å². The van der Waals surface area contributed by atoms with Crippen LogP contribution in [0.1, 0.15) is 6.42 Å². The SMILES string of the molecule is CNCCN1CCN(CCCN)CC1. The lowest BCUT2D eigenvalue weighted by atomic mass is 10.3. The molecule has 0 atom stereocenters. The molecular formula is C10H24N4. The molecule has 0 spiro atoms. The molecule has 0 bridgehead atoms. The predicted molar refractivity (Wildman–Crippen MR) is 60.5 cm³/mol. The number of nitrogens with zero attached hydrogens (tertiary/aromatic N) is 2. The molecule has 0 aromatic rings. The van der Waals surface area contributed by atoms with Crippen LogP contribution in [0.4, 0.5) is 0 Å². The van der Waals surface area contributed by atoms with Crippen molar-refractivity contribution in [3.63, 3.8) is 0 Å². The Bertz CT molecular complexity index is 116. The summed E-state index contributed by atoms with van der Waals surface area (Å²) in [6, 6.07) is 0. The summed E-state index contributed by atoms with van der Waals surface area (Å²) in [7, 11) is 2.01. The summed E-state index contributed by atoms with van der Waals surface area (Å²) in [5.74, 6) is 0. The van der Waals surface area contributed by atoms with Gasteiger partial charge in [0.05, 0.1) is 0 Å². The van der Waals surface area contributed by atoms with Crippen LogP contribution in [0.25, 0.3) is 0 Å². The maximum absolute atomic E-state index is 5.49. The van der Waals surface area contributed by atoms with Gasteiger partial charge in [-0.05, 0) is 26.6 Å². The van der Waals surface area contributed by atoms with Gasteiger partial charge in [0.15, 0.2) is 0 Å². The van der Waals surface area contributed by atoms with E-state index < -0.39 is 0 Å². The number of piperazine rings is 1. The maximum atomic E-state index is 5.49. The first-order valence-corrected chi connectivity index (χ1v) is 5.66. The predicted octanol–water partition coefficient (Wildman–Crippen LogP) is -0.828. The van der Waals surface area contributed by atoms with Crippen LogP contribution in [0.3, 0.4) is 0 Å². The van der Waals surface area contributed by atoms with E-state index in [-0.39, 0.29) is 0 Å².